The van der Waals surface area contributed by atoms with Gasteiger partial charge in [-0.1, -0.05) is 48.5 Å². The molecule has 0 amide bonds. The van der Waals surface area contributed by atoms with Gasteiger partial charge in [-0.15, -0.1) is 0 Å². The molecule has 2 aliphatic carbocycles. The Kier molecular flexibility index (Phi) is 4.10. The quantitative estimate of drug-likeness (QED) is 0.676. The van der Waals surface area contributed by atoms with E-state index >= 15 is 0 Å². The lowest BCUT2D eigenvalue weighted by Gasteiger charge is -2.34. The smallest absolute Gasteiger partial charge is 0.195 e. The van der Waals surface area contributed by atoms with Gasteiger partial charge in [0.25, 0.3) is 0 Å². The SMILES string of the molecule is COC1C=C(N)C=CC1(N)C(=O)c1cccc2c1C(=O)c1ccccc1C2=O. The van der Waals surface area contributed by atoms with Crippen LogP contribution in [0.25, 0.3) is 0 Å². The number of hydrogen-bond acceptors (Lipinski definition) is 6. The van der Waals surface area contributed by atoms with Crippen LogP contribution in [0.15, 0.2) is 66.4 Å². The van der Waals surface area contributed by atoms with Crippen molar-refractivity contribution in [3.63, 3.8) is 0 Å². The molecule has 0 saturated carbocycles. The summed E-state index contributed by atoms with van der Waals surface area (Å²) in [5.74, 6) is -1.18. The van der Waals surface area contributed by atoms with Gasteiger partial charge in [0.1, 0.15) is 11.6 Å². The van der Waals surface area contributed by atoms with Gasteiger partial charge in [0.05, 0.1) is 0 Å². The van der Waals surface area contributed by atoms with E-state index in [4.69, 9.17) is 16.2 Å². The molecule has 4 N–H and O–H groups in total. The van der Waals surface area contributed by atoms with Gasteiger partial charge in [0.2, 0.25) is 0 Å². The Morgan fingerprint density at radius 2 is 1.64 bits per heavy atom. The Morgan fingerprint density at radius 1 is 1.00 bits per heavy atom. The Bertz CT molecular complexity index is 1100. The number of methoxy groups -OCH3 is 1. The van der Waals surface area contributed by atoms with Crippen LogP contribution in [0, 0.1) is 0 Å². The third kappa shape index (κ3) is 2.46. The van der Waals surface area contributed by atoms with Crippen LogP contribution in [-0.4, -0.2) is 36.1 Å². The minimum absolute atomic E-state index is 0.0757. The maximum Gasteiger partial charge on any atom is 0.195 e. The highest BCUT2D eigenvalue weighted by Gasteiger charge is 2.44. The molecule has 4 rings (SSSR count). The number of benzene rings is 2. The summed E-state index contributed by atoms with van der Waals surface area (Å²) in [6.07, 6.45) is 3.75. The molecule has 0 radical (unpaired) electrons. The Balaban J connectivity index is 1.88. The van der Waals surface area contributed by atoms with Crippen LogP contribution in [0.2, 0.25) is 0 Å². The molecule has 0 fully saturated rings. The second kappa shape index (κ2) is 6.37. The summed E-state index contributed by atoms with van der Waals surface area (Å²) in [5.41, 5.74) is 12.0. The molecule has 2 aliphatic rings. The fourth-order valence-electron chi connectivity index (χ4n) is 3.73. The van der Waals surface area contributed by atoms with Crippen LogP contribution in [0.3, 0.4) is 0 Å². The number of carbonyl (C=O) groups excluding carboxylic acids is 3. The van der Waals surface area contributed by atoms with Crippen LogP contribution in [-0.2, 0) is 4.74 Å². The van der Waals surface area contributed by atoms with Gasteiger partial charge in [-0.2, -0.15) is 0 Å². The first kappa shape index (κ1) is 18.0. The molecular formula is C22H18N2O4. The molecule has 2 unspecified atom stereocenters. The maximum absolute atomic E-state index is 13.4. The number of ether oxygens (including phenoxy) is 1. The molecule has 2 aromatic carbocycles. The molecule has 6 heteroatoms. The lowest BCUT2D eigenvalue weighted by molar-refractivity contribution is 0.0632. The molecule has 2 aromatic rings. The van der Waals surface area contributed by atoms with Crippen molar-refractivity contribution in [3.8, 4) is 0 Å². The summed E-state index contributed by atoms with van der Waals surface area (Å²) >= 11 is 0. The van der Waals surface area contributed by atoms with E-state index in [1.165, 1.54) is 25.3 Å². The van der Waals surface area contributed by atoms with Crippen LogP contribution in [0.1, 0.15) is 42.2 Å². The minimum atomic E-state index is -1.55. The number of allylic oxidation sites excluding steroid dienone is 1. The minimum Gasteiger partial charge on any atom is -0.399 e. The van der Waals surface area contributed by atoms with E-state index in [0.29, 0.717) is 11.3 Å². The first-order valence-corrected chi connectivity index (χ1v) is 8.73. The summed E-state index contributed by atoms with van der Waals surface area (Å²) in [6.45, 7) is 0. The number of ketones is 3. The second-order valence-corrected chi connectivity index (χ2v) is 6.85. The van der Waals surface area contributed by atoms with Crippen molar-refractivity contribution in [1.29, 1.82) is 0 Å². The van der Waals surface area contributed by atoms with Crippen LogP contribution < -0.4 is 11.5 Å². The van der Waals surface area contributed by atoms with E-state index in [-0.39, 0.29) is 33.8 Å². The average Bonchev–Trinajstić information content (AvgIpc) is 2.72. The molecule has 0 aliphatic heterocycles. The van der Waals surface area contributed by atoms with Crippen LogP contribution in [0.4, 0.5) is 0 Å². The predicted molar refractivity (Wildman–Crippen MR) is 103 cm³/mol. The van der Waals surface area contributed by atoms with Crippen molar-refractivity contribution < 1.29 is 19.1 Å². The van der Waals surface area contributed by atoms with Crippen molar-refractivity contribution in [1.82, 2.24) is 0 Å². The Labute approximate surface area is 161 Å². The first-order valence-electron chi connectivity index (χ1n) is 8.73. The number of nitrogens with two attached hydrogens (primary N) is 2. The molecule has 0 heterocycles. The maximum atomic E-state index is 13.4. The fraction of sp³-hybridized carbons (Fsp3) is 0.136. The van der Waals surface area contributed by atoms with E-state index in [0.717, 1.165) is 0 Å². The van der Waals surface area contributed by atoms with Gasteiger partial charge in [0.15, 0.2) is 17.3 Å². The second-order valence-electron chi connectivity index (χ2n) is 6.85. The highest BCUT2D eigenvalue weighted by atomic mass is 16.5. The van der Waals surface area contributed by atoms with Crippen molar-refractivity contribution in [3.05, 3.63) is 94.2 Å². The number of Topliss-reactive ketones (excluding diaryl/α,β-unsaturated/α-hetero) is 1. The first-order chi connectivity index (χ1) is 13.4. The molecule has 0 aromatic heterocycles. The summed E-state index contributed by atoms with van der Waals surface area (Å²) in [5, 5.41) is 0. The zero-order chi connectivity index (χ0) is 20.1. The molecule has 0 saturated heterocycles. The molecule has 6 nitrogen and oxygen atoms in total. The van der Waals surface area contributed by atoms with Crippen molar-refractivity contribution in [2.75, 3.05) is 7.11 Å². The van der Waals surface area contributed by atoms with E-state index < -0.39 is 17.4 Å². The van der Waals surface area contributed by atoms with Crippen molar-refractivity contribution in [2.24, 2.45) is 11.5 Å². The van der Waals surface area contributed by atoms with Gasteiger partial charge in [-0.05, 0) is 12.2 Å². The zero-order valence-electron chi connectivity index (χ0n) is 15.1. The predicted octanol–water partition coefficient (Wildman–Crippen LogP) is 1.77. The molecular weight excluding hydrogens is 356 g/mol. The molecule has 140 valence electrons. The van der Waals surface area contributed by atoms with E-state index in [9.17, 15) is 14.4 Å². The molecule has 0 spiro atoms. The fourth-order valence-corrected chi connectivity index (χ4v) is 3.73. The van der Waals surface area contributed by atoms with Gasteiger partial charge in [0, 0.05) is 40.6 Å². The van der Waals surface area contributed by atoms with Crippen molar-refractivity contribution in [2.45, 2.75) is 11.6 Å². The number of carbonyl (C=O) groups is 3. The van der Waals surface area contributed by atoms with Gasteiger partial charge >= 0.3 is 0 Å². The van der Waals surface area contributed by atoms with Gasteiger partial charge < -0.3 is 16.2 Å². The molecule has 2 atom stereocenters. The summed E-state index contributed by atoms with van der Waals surface area (Å²) < 4.78 is 5.36. The highest BCUT2D eigenvalue weighted by molar-refractivity contribution is 6.31. The van der Waals surface area contributed by atoms with Crippen LogP contribution >= 0.6 is 0 Å². The largest absolute Gasteiger partial charge is 0.399 e. The summed E-state index contributed by atoms with van der Waals surface area (Å²) in [6, 6.07) is 11.2. The Morgan fingerprint density at radius 3 is 2.32 bits per heavy atom. The third-order valence-electron chi connectivity index (χ3n) is 5.21. The molecule has 28 heavy (non-hydrogen) atoms. The van der Waals surface area contributed by atoms with E-state index in [1.54, 1.807) is 42.5 Å². The topological polar surface area (TPSA) is 112 Å². The lowest BCUT2D eigenvalue weighted by Crippen LogP contribution is -2.57. The highest BCUT2D eigenvalue weighted by Crippen LogP contribution is 2.32. The lowest BCUT2D eigenvalue weighted by atomic mass is 9.76. The number of rotatable bonds is 3. The van der Waals surface area contributed by atoms with Gasteiger partial charge in [-0.25, -0.2) is 0 Å². The number of fused-ring (bicyclic) bond motifs is 2. The summed E-state index contributed by atoms with van der Waals surface area (Å²) in [4.78, 5) is 39.5. The zero-order valence-corrected chi connectivity index (χ0v) is 15.1. The third-order valence-corrected chi connectivity index (χ3v) is 5.21. The van der Waals surface area contributed by atoms with E-state index in [1.807, 2.05) is 0 Å². The van der Waals surface area contributed by atoms with E-state index in [2.05, 4.69) is 0 Å². The summed E-state index contributed by atoms with van der Waals surface area (Å²) in [7, 11) is 1.42. The Hall–Kier alpha value is -3.35. The van der Waals surface area contributed by atoms with Crippen LogP contribution in [0.5, 0.6) is 0 Å². The van der Waals surface area contributed by atoms with Gasteiger partial charge in [-0.3, -0.25) is 14.4 Å². The molecule has 0 bridgehead atoms. The standard InChI is InChI=1S/C22H18N2O4/c1-28-17-11-12(23)9-10-22(17,24)21(27)16-8-4-7-15-18(16)20(26)14-6-3-2-5-13(14)19(15)25/h2-11,17H,23-24H2,1H3. The normalized spacial score (nSPS) is 23.1. The van der Waals surface area contributed by atoms with Crippen molar-refractivity contribution >= 4 is 17.3 Å². The average molecular weight is 374 g/mol. The monoisotopic (exact) mass is 374 g/mol. The number of hydrogen-bond donors (Lipinski definition) is 2.